The minimum absolute atomic E-state index is 0.0986. The highest BCUT2D eigenvalue weighted by Gasteiger charge is 2.50. The molecule has 0 spiro atoms. The summed E-state index contributed by atoms with van der Waals surface area (Å²) in [6.45, 7) is 0. The van der Waals surface area contributed by atoms with Gasteiger partial charge in [0.2, 0.25) is 0 Å². The van der Waals surface area contributed by atoms with Gasteiger partial charge in [-0.3, -0.25) is 0 Å². The van der Waals surface area contributed by atoms with Gasteiger partial charge in [0.25, 0.3) is 0 Å². The number of aromatic hydroxyl groups is 2. The number of carbonyl (C=O) groups is 1. The average molecular weight is 378 g/mol. The molecule has 0 aromatic heterocycles. The van der Waals surface area contributed by atoms with Gasteiger partial charge in [-0.15, -0.1) is 0 Å². The molecule has 1 aliphatic heterocycles. The number of phenols is 2. The second kappa shape index (κ2) is 6.49. The summed E-state index contributed by atoms with van der Waals surface area (Å²) in [7, 11) is 2.96. The minimum Gasteiger partial charge on any atom is -0.508 e. The van der Waals surface area contributed by atoms with E-state index in [-0.39, 0.29) is 17.1 Å². The van der Waals surface area contributed by atoms with Crippen LogP contribution < -0.4 is 9.47 Å². The van der Waals surface area contributed by atoms with E-state index < -0.39 is 11.6 Å². The van der Waals surface area contributed by atoms with Gasteiger partial charge in [-0.1, -0.05) is 24.3 Å². The topological polar surface area (TPSA) is 85.2 Å². The highest BCUT2D eigenvalue weighted by atomic mass is 16.6. The quantitative estimate of drug-likeness (QED) is 0.675. The third kappa shape index (κ3) is 2.45. The molecular formula is C22H18O6. The maximum Gasteiger partial charge on any atom is 0.344 e. The van der Waals surface area contributed by atoms with Gasteiger partial charge < -0.3 is 24.4 Å². The van der Waals surface area contributed by atoms with Crippen molar-refractivity contribution in [2.24, 2.45) is 0 Å². The summed E-state index contributed by atoms with van der Waals surface area (Å²) < 4.78 is 16.7. The smallest absolute Gasteiger partial charge is 0.344 e. The van der Waals surface area contributed by atoms with Gasteiger partial charge in [-0.05, 0) is 36.4 Å². The number of cyclic esters (lactones) is 1. The fraction of sp³-hybridized carbons (Fsp3) is 0.136. The second-order valence-corrected chi connectivity index (χ2v) is 6.39. The van der Waals surface area contributed by atoms with Gasteiger partial charge in [0.15, 0.2) is 17.1 Å². The van der Waals surface area contributed by atoms with Crippen LogP contribution in [0.4, 0.5) is 0 Å². The molecule has 1 heterocycles. The van der Waals surface area contributed by atoms with Crippen LogP contribution in [0, 0.1) is 0 Å². The number of fused-ring (bicyclic) bond motifs is 1. The number of esters is 1. The van der Waals surface area contributed by atoms with Gasteiger partial charge in [0.1, 0.15) is 17.1 Å². The zero-order chi connectivity index (χ0) is 19.9. The maximum atomic E-state index is 13.0. The van der Waals surface area contributed by atoms with Crippen LogP contribution in [0.5, 0.6) is 23.0 Å². The first-order valence-corrected chi connectivity index (χ1v) is 8.59. The molecule has 0 bridgehead atoms. The second-order valence-electron chi connectivity index (χ2n) is 6.39. The van der Waals surface area contributed by atoms with Gasteiger partial charge in [-0.2, -0.15) is 0 Å². The molecule has 1 aliphatic rings. The van der Waals surface area contributed by atoms with Crippen molar-refractivity contribution in [3.05, 3.63) is 82.9 Å². The van der Waals surface area contributed by atoms with Crippen molar-refractivity contribution in [2.45, 2.75) is 5.60 Å². The molecule has 3 aromatic carbocycles. The number of ether oxygens (including phenoxy) is 3. The third-order valence-corrected chi connectivity index (χ3v) is 4.92. The van der Waals surface area contributed by atoms with E-state index in [1.165, 1.54) is 38.5 Å². The molecule has 0 atom stereocenters. The summed E-state index contributed by atoms with van der Waals surface area (Å²) in [5.74, 6) is 0.365. The predicted molar refractivity (Wildman–Crippen MR) is 101 cm³/mol. The van der Waals surface area contributed by atoms with E-state index in [0.717, 1.165) is 0 Å². The maximum absolute atomic E-state index is 13.0. The monoisotopic (exact) mass is 378 g/mol. The standard InChI is InChI=1S/C22H18O6/c1-26-18-12-11-17-19(20(18)27-2)21(25)28-22(17,13-3-7-15(23)8-4-13)14-5-9-16(24)10-6-14/h3-12,23-24H,1-2H3. The minimum atomic E-state index is -1.26. The van der Waals surface area contributed by atoms with E-state index in [1.807, 2.05) is 0 Å². The van der Waals surface area contributed by atoms with Crippen molar-refractivity contribution < 1.29 is 29.2 Å². The number of hydrogen-bond acceptors (Lipinski definition) is 6. The van der Waals surface area contributed by atoms with E-state index in [2.05, 4.69) is 0 Å². The Morgan fingerprint density at radius 3 is 1.79 bits per heavy atom. The highest BCUT2D eigenvalue weighted by molar-refractivity contribution is 6.00. The molecule has 0 fully saturated rings. The normalized spacial score (nSPS) is 14.3. The Labute approximate surface area is 161 Å². The Morgan fingerprint density at radius 2 is 1.32 bits per heavy atom. The predicted octanol–water partition coefficient (Wildman–Crippen LogP) is 3.58. The first-order chi connectivity index (χ1) is 13.5. The molecule has 0 saturated carbocycles. The first-order valence-electron chi connectivity index (χ1n) is 8.59. The molecule has 0 radical (unpaired) electrons. The molecule has 4 rings (SSSR count). The molecule has 2 N–H and O–H groups in total. The number of hydrogen-bond donors (Lipinski definition) is 2. The van der Waals surface area contributed by atoms with E-state index in [1.54, 1.807) is 36.4 Å². The molecule has 0 aliphatic carbocycles. The SMILES string of the molecule is COc1ccc2c(c1OC)C(=O)OC2(c1ccc(O)cc1)c1ccc(O)cc1. The van der Waals surface area contributed by atoms with E-state index in [9.17, 15) is 15.0 Å². The van der Waals surface area contributed by atoms with Crippen molar-refractivity contribution in [1.82, 2.24) is 0 Å². The van der Waals surface area contributed by atoms with Crippen LogP contribution >= 0.6 is 0 Å². The molecule has 0 amide bonds. The van der Waals surface area contributed by atoms with Crippen LogP contribution in [0.1, 0.15) is 27.0 Å². The summed E-state index contributed by atoms with van der Waals surface area (Å²) in [6, 6.07) is 16.4. The van der Waals surface area contributed by atoms with Crippen LogP contribution in [0.2, 0.25) is 0 Å². The number of carbonyl (C=O) groups excluding carboxylic acids is 1. The number of rotatable bonds is 4. The van der Waals surface area contributed by atoms with Crippen LogP contribution in [0.15, 0.2) is 60.7 Å². The summed E-state index contributed by atoms with van der Waals surface area (Å²) in [6.07, 6.45) is 0. The van der Waals surface area contributed by atoms with Crippen LogP contribution in [-0.4, -0.2) is 30.4 Å². The largest absolute Gasteiger partial charge is 0.508 e. The molecule has 28 heavy (non-hydrogen) atoms. The molecule has 6 nitrogen and oxygen atoms in total. The molecule has 3 aromatic rings. The fourth-order valence-electron chi connectivity index (χ4n) is 3.66. The number of benzene rings is 3. The number of methoxy groups -OCH3 is 2. The fourth-order valence-corrected chi connectivity index (χ4v) is 3.66. The lowest BCUT2D eigenvalue weighted by Crippen LogP contribution is -2.29. The summed E-state index contributed by atoms with van der Waals surface area (Å²) in [5, 5.41) is 19.4. The van der Waals surface area contributed by atoms with Crippen LogP contribution in [0.3, 0.4) is 0 Å². The van der Waals surface area contributed by atoms with Crippen molar-refractivity contribution in [3.63, 3.8) is 0 Å². The van der Waals surface area contributed by atoms with Gasteiger partial charge in [0.05, 0.1) is 14.2 Å². The molecule has 142 valence electrons. The average Bonchev–Trinajstić information content (AvgIpc) is 3.02. The van der Waals surface area contributed by atoms with Crippen LogP contribution in [-0.2, 0) is 10.3 Å². The lowest BCUT2D eigenvalue weighted by atomic mass is 9.79. The summed E-state index contributed by atoms with van der Waals surface area (Å²) in [5.41, 5.74) is 0.910. The molecule has 0 saturated heterocycles. The van der Waals surface area contributed by atoms with Gasteiger partial charge >= 0.3 is 5.97 Å². The third-order valence-electron chi connectivity index (χ3n) is 4.92. The Kier molecular flexibility index (Phi) is 4.11. The Bertz CT molecular complexity index is 992. The van der Waals surface area contributed by atoms with E-state index in [4.69, 9.17) is 14.2 Å². The zero-order valence-corrected chi connectivity index (χ0v) is 15.3. The van der Waals surface area contributed by atoms with E-state index in [0.29, 0.717) is 28.2 Å². The lowest BCUT2D eigenvalue weighted by molar-refractivity contribution is 0.0250. The summed E-state index contributed by atoms with van der Waals surface area (Å²) in [4.78, 5) is 13.0. The molecule has 6 heteroatoms. The van der Waals surface area contributed by atoms with Gasteiger partial charge in [0, 0.05) is 16.7 Å². The Balaban J connectivity index is 2.06. The van der Waals surface area contributed by atoms with E-state index >= 15 is 0 Å². The van der Waals surface area contributed by atoms with Crippen LogP contribution in [0.25, 0.3) is 0 Å². The number of phenolic OH excluding ortho intramolecular Hbond substituents is 2. The van der Waals surface area contributed by atoms with Crippen molar-refractivity contribution in [3.8, 4) is 23.0 Å². The summed E-state index contributed by atoms with van der Waals surface area (Å²) >= 11 is 0. The lowest BCUT2D eigenvalue weighted by Gasteiger charge is -2.30. The Hall–Kier alpha value is -3.67. The highest BCUT2D eigenvalue weighted by Crippen LogP contribution is 2.51. The zero-order valence-electron chi connectivity index (χ0n) is 15.3. The molecule has 0 unspecified atom stereocenters. The molecular weight excluding hydrogens is 360 g/mol. The van der Waals surface area contributed by atoms with Crippen molar-refractivity contribution in [1.29, 1.82) is 0 Å². The van der Waals surface area contributed by atoms with Gasteiger partial charge in [-0.25, -0.2) is 4.79 Å². The Morgan fingerprint density at radius 1 is 0.786 bits per heavy atom. The van der Waals surface area contributed by atoms with Crippen molar-refractivity contribution >= 4 is 5.97 Å². The first kappa shape index (κ1) is 17.7. The van der Waals surface area contributed by atoms with Crippen molar-refractivity contribution in [2.75, 3.05) is 14.2 Å².